The summed E-state index contributed by atoms with van der Waals surface area (Å²) in [4.78, 5) is 24.5. The summed E-state index contributed by atoms with van der Waals surface area (Å²) < 4.78 is 0. The number of carbonyl (C=O) groups excluding carboxylic acids is 2. The van der Waals surface area contributed by atoms with Gasteiger partial charge in [-0.2, -0.15) is 0 Å². The molecule has 0 radical (unpaired) electrons. The van der Waals surface area contributed by atoms with E-state index in [0.717, 1.165) is 29.7 Å². The molecule has 136 valence electrons. The standard InChI is InChI=1S/C20H22ClN3O2/c1-13-3-8-17(14(2)11-13)22-12-18(25)23-24-19(26)20(9-10-20)15-4-6-16(21)7-5-15/h3-8,11,22H,9-10,12H2,1-2H3,(H,23,25)(H,24,26). The van der Waals surface area contributed by atoms with Gasteiger partial charge in [0.25, 0.3) is 5.91 Å². The summed E-state index contributed by atoms with van der Waals surface area (Å²) in [6.45, 7) is 4.09. The summed E-state index contributed by atoms with van der Waals surface area (Å²) in [5, 5.41) is 3.71. The minimum absolute atomic E-state index is 0.0815. The van der Waals surface area contributed by atoms with Gasteiger partial charge in [-0.1, -0.05) is 41.4 Å². The average Bonchev–Trinajstić information content (AvgIpc) is 3.41. The average molecular weight is 372 g/mol. The van der Waals surface area contributed by atoms with E-state index in [1.165, 1.54) is 5.56 Å². The Bertz CT molecular complexity index is 829. The van der Waals surface area contributed by atoms with Gasteiger partial charge in [-0.25, -0.2) is 0 Å². The van der Waals surface area contributed by atoms with E-state index in [2.05, 4.69) is 16.2 Å². The van der Waals surface area contributed by atoms with Gasteiger partial charge in [-0.15, -0.1) is 0 Å². The summed E-state index contributed by atoms with van der Waals surface area (Å²) in [5.41, 5.74) is 8.53. The molecule has 3 rings (SSSR count). The van der Waals surface area contributed by atoms with Gasteiger partial charge in [0.1, 0.15) is 0 Å². The predicted molar refractivity (Wildman–Crippen MR) is 103 cm³/mol. The first kappa shape index (κ1) is 18.3. The molecule has 0 aromatic heterocycles. The summed E-state index contributed by atoms with van der Waals surface area (Å²) in [6, 6.07) is 13.2. The van der Waals surface area contributed by atoms with Crippen LogP contribution in [0.3, 0.4) is 0 Å². The largest absolute Gasteiger partial charge is 0.376 e. The Hall–Kier alpha value is -2.53. The van der Waals surface area contributed by atoms with E-state index in [-0.39, 0.29) is 18.4 Å². The fourth-order valence-electron chi connectivity index (χ4n) is 3.02. The molecular formula is C20H22ClN3O2. The van der Waals surface area contributed by atoms with Crippen LogP contribution >= 0.6 is 11.6 Å². The third-order valence-corrected chi connectivity index (χ3v) is 4.97. The lowest BCUT2D eigenvalue weighted by Crippen LogP contribution is -2.48. The number of hydrogen-bond donors (Lipinski definition) is 3. The van der Waals surface area contributed by atoms with Crippen LogP contribution in [0.15, 0.2) is 42.5 Å². The molecule has 1 saturated carbocycles. The van der Waals surface area contributed by atoms with Crippen molar-refractivity contribution in [3.05, 3.63) is 64.2 Å². The van der Waals surface area contributed by atoms with Gasteiger partial charge >= 0.3 is 0 Å². The molecule has 0 heterocycles. The van der Waals surface area contributed by atoms with Gasteiger partial charge in [0.05, 0.1) is 12.0 Å². The Kier molecular flexibility index (Phi) is 5.18. The highest BCUT2D eigenvalue weighted by molar-refractivity contribution is 6.30. The Labute approximate surface area is 158 Å². The number of hydrogen-bond acceptors (Lipinski definition) is 3. The summed E-state index contributed by atoms with van der Waals surface area (Å²) in [7, 11) is 0. The molecule has 1 aliphatic rings. The lowest BCUT2D eigenvalue weighted by molar-refractivity contribution is -0.129. The second-order valence-corrected chi connectivity index (χ2v) is 7.20. The topological polar surface area (TPSA) is 70.2 Å². The maximum Gasteiger partial charge on any atom is 0.257 e. The first-order chi connectivity index (χ1) is 12.4. The second-order valence-electron chi connectivity index (χ2n) is 6.76. The quantitative estimate of drug-likeness (QED) is 0.706. The van der Waals surface area contributed by atoms with E-state index in [1.54, 1.807) is 12.1 Å². The van der Waals surface area contributed by atoms with Crippen molar-refractivity contribution in [2.45, 2.75) is 32.1 Å². The fraction of sp³-hybridized carbons (Fsp3) is 0.300. The highest BCUT2D eigenvalue weighted by Gasteiger charge is 2.51. The third-order valence-electron chi connectivity index (χ3n) is 4.72. The first-order valence-corrected chi connectivity index (χ1v) is 8.95. The van der Waals surface area contributed by atoms with E-state index in [4.69, 9.17) is 11.6 Å². The normalized spacial score (nSPS) is 14.4. The molecule has 5 nitrogen and oxygen atoms in total. The molecule has 0 unspecified atom stereocenters. The fourth-order valence-corrected chi connectivity index (χ4v) is 3.14. The van der Waals surface area contributed by atoms with Gasteiger partial charge in [-0.3, -0.25) is 20.4 Å². The smallest absolute Gasteiger partial charge is 0.257 e. The molecule has 3 N–H and O–H groups in total. The van der Waals surface area contributed by atoms with E-state index in [0.29, 0.717) is 5.02 Å². The minimum atomic E-state index is -0.557. The van der Waals surface area contributed by atoms with Crippen molar-refractivity contribution in [3.8, 4) is 0 Å². The Balaban J connectivity index is 1.51. The van der Waals surface area contributed by atoms with Crippen LogP contribution in [-0.4, -0.2) is 18.4 Å². The molecule has 0 atom stereocenters. The third kappa shape index (κ3) is 3.99. The molecule has 2 aromatic rings. The van der Waals surface area contributed by atoms with Crippen molar-refractivity contribution in [1.29, 1.82) is 0 Å². The van der Waals surface area contributed by atoms with Crippen LogP contribution < -0.4 is 16.2 Å². The van der Waals surface area contributed by atoms with Gasteiger partial charge in [-0.05, 0) is 56.0 Å². The number of amides is 2. The zero-order chi connectivity index (χ0) is 18.7. The highest BCUT2D eigenvalue weighted by Crippen LogP contribution is 2.48. The second kappa shape index (κ2) is 7.38. The Morgan fingerprint density at radius 2 is 1.73 bits per heavy atom. The molecule has 0 spiro atoms. The molecule has 0 saturated heterocycles. The van der Waals surface area contributed by atoms with Crippen molar-refractivity contribution in [3.63, 3.8) is 0 Å². The lowest BCUT2D eigenvalue weighted by Gasteiger charge is -2.17. The Morgan fingerprint density at radius 3 is 2.35 bits per heavy atom. The predicted octanol–water partition coefficient (Wildman–Crippen LogP) is 3.25. The van der Waals surface area contributed by atoms with Gasteiger partial charge in [0.2, 0.25) is 5.91 Å². The maximum atomic E-state index is 12.5. The van der Waals surface area contributed by atoms with Crippen LogP contribution in [0, 0.1) is 13.8 Å². The van der Waals surface area contributed by atoms with Gasteiger partial charge in [0.15, 0.2) is 0 Å². The van der Waals surface area contributed by atoms with E-state index in [1.807, 2.05) is 44.2 Å². The van der Waals surface area contributed by atoms with Crippen molar-refractivity contribution in [2.24, 2.45) is 0 Å². The number of benzene rings is 2. The number of hydrazine groups is 1. The number of nitrogens with one attached hydrogen (secondary N) is 3. The first-order valence-electron chi connectivity index (χ1n) is 8.57. The van der Waals surface area contributed by atoms with Crippen molar-refractivity contribution in [1.82, 2.24) is 10.9 Å². The summed E-state index contributed by atoms with van der Waals surface area (Å²) in [6.07, 6.45) is 1.52. The summed E-state index contributed by atoms with van der Waals surface area (Å²) >= 11 is 5.90. The number of halogens is 1. The molecule has 6 heteroatoms. The van der Waals surface area contributed by atoms with Crippen LogP contribution in [0.25, 0.3) is 0 Å². The van der Waals surface area contributed by atoms with E-state index < -0.39 is 5.41 Å². The minimum Gasteiger partial charge on any atom is -0.376 e. The van der Waals surface area contributed by atoms with E-state index in [9.17, 15) is 9.59 Å². The SMILES string of the molecule is Cc1ccc(NCC(=O)NNC(=O)C2(c3ccc(Cl)cc3)CC2)c(C)c1. The number of anilines is 1. The monoisotopic (exact) mass is 371 g/mol. The molecule has 1 aliphatic carbocycles. The van der Waals surface area contributed by atoms with Gasteiger partial charge < -0.3 is 5.32 Å². The number of rotatable bonds is 5. The zero-order valence-corrected chi connectivity index (χ0v) is 15.6. The highest BCUT2D eigenvalue weighted by atomic mass is 35.5. The molecule has 2 amide bonds. The zero-order valence-electron chi connectivity index (χ0n) is 14.9. The van der Waals surface area contributed by atoms with Crippen LogP contribution in [0.1, 0.15) is 29.5 Å². The molecule has 0 bridgehead atoms. The molecule has 1 fully saturated rings. The summed E-state index contributed by atoms with van der Waals surface area (Å²) in [5.74, 6) is -0.495. The van der Waals surface area contributed by atoms with Crippen LogP contribution in [0.5, 0.6) is 0 Å². The lowest BCUT2D eigenvalue weighted by atomic mass is 9.95. The van der Waals surface area contributed by atoms with Crippen molar-refractivity contribution >= 4 is 29.1 Å². The Morgan fingerprint density at radius 1 is 1.04 bits per heavy atom. The van der Waals surface area contributed by atoms with Gasteiger partial charge in [0, 0.05) is 10.7 Å². The number of aryl methyl sites for hydroxylation is 2. The number of carbonyl (C=O) groups is 2. The molecule has 26 heavy (non-hydrogen) atoms. The maximum absolute atomic E-state index is 12.5. The van der Waals surface area contributed by atoms with Crippen LogP contribution in [0.4, 0.5) is 5.69 Å². The van der Waals surface area contributed by atoms with Crippen molar-refractivity contribution < 1.29 is 9.59 Å². The molecule has 0 aliphatic heterocycles. The molecular weight excluding hydrogens is 350 g/mol. The van der Waals surface area contributed by atoms with Crippen LogP contribution in [0.2, 0.25) is 5.02 Å². The van der Waals surface area contributed by atoms with Crippen LogP contribution in [-0.2, 0) is 15.0 Å². The molecule has 2 aromatic carbocycles. The van der Waals surface area contributed by atoms with Crippen molar-refractivity contribution in [2.75, 3.05) is 11.9 Å². The van der Waals surface area contributed by atoms with E-state index >= 15 is 0 Å².